The summed E-state index contributed by atoms with van der Waals surface area (Å²) in [6.07, 6.45) is 8.48. The van der Waals surface area contributed by atoms with Crippen molar-refractivity contribution in [3.63, 3.8) is 0 Å². The fraction of sp³-hybridized carbons (Fsp3) is 0.667. The Morgan fingerprint density at radius 1 is 1.10 bits per heavy atom. The SMILES string of the molecule is CCCCCCCCC(NCC)c1c(F)cccc1OC. The van der Waals surface area contributed by atoms with E-state index in [0.29, 0.717) is 11.3 Å². The van der Waals surface area contributed by atoms with Crippen LogP contribution in [0.25, 0.3) is 0 Å². The first-order chi connectivity index (χ1) is 10.2. The average molecular weight is 295 g/mol. The van der Waals surface area contributed by atoms with E-state index in [9.17, 15) is 4.39 Å². The van der Waals surface area contributed by atoms with E-state index in [-0.39, 0.29) is 11.9 Å². The third-order valence-electron chi connectivity index (χ3n) is 3.88. The highest BCUT2D eigenvalue weighted by atomic mass is 19.1. The maximum atomic E-state index is 14.2. The second-order valence-electron chi connectivity index (χ2n) is 5.52. The van der Waals surface area contributed by atoms with Gasteiger partial charge in [-0.1, -0.05) is 58.4 Å². The van der Waals surface area contributed by atoms with Crippen molar-refractivity contribution in [2.75, 3.05) is 13.7 Å². The van der Waals surface area contributed by atoms with Gasteiger partial charge in [0.25, 0.3) is 0 Å². The largest absolute Gasteiger partial charge is 0.496 e. The van der Waals surface area contributed by atoms with Crippen molar-refractivity contribution < 1.29 is 9.13 Å². The summed E-state index contributed by atoms with van der Waals surface area (Å²) in [4.78, 5) is 0. The molecule has 0 amide bonds. The van der Waals surface area contributed by atoms with Gasteiger partial charge in [-0.3, -0.25) is 0 Å². The minimum atomic E-state index is -0.175. The maximum Gasteiger partial charge on any atom is 0.131 e. The van der Waals surface area contributed by atoms with Gasteiger partial charge in [0.05, 0.1) is 7.11 Å². The van der Waals surface area contributed by atoms with Gasteiger partial charge in [-0.2, -0.15) is 0 Å². The van der Waals surface area contributed by atoms with E-state index in [4.69, 9.17) is 4.74 Å². The molecule has 1 N–H and O–H groups in total. The predicted octanol–water partition coefficient (Wildman–Crippen LogP) is 5.24. The van der Waals surface area contributed by atoms with Crippen molar-refractivity contribution in [2.24, 2.45) is 0 Å². The lowest BCUT2D eigenvalue weighted by atomic mass is 9.98. The van der Waals surface area contributed by atoms with Crippen molar-refractivity contribution in [1.82, 2.24) is 5.32 Å². The van der Waals surface area contributed by atoms with Crippen molar-refractivity contribution in [3.8, 4) is 5.75 Å². The van der Waals surface area contributed by atoms with Crippen molar-refractivity contribution >= 4 is 0 Å². The van der Waals surface area contributed by atoms with Crippen LogP contribution in [0.1, 0.15) is 70.4 Å². The molecule has 0 aromatic heterocycles. The highest BCUT2D eigenvalue weighted by Gasteiger charge is 2.19. The van der Waals surface area contributed by atoms with Crippen LogP contribution in [0, 0.1) is 5.82 Å². The van der Waals surface area contributed by atoms with Gasteiger partial charge in [0, 0.05) is 11.6 Å². The molecule has 120 valence electrons. The molecule has 0 radical (unpaired) electrons. The molecule has 0 saturated heterocycles. The quantitative estimate of drug-likeness (QED) is 0.564. The Balaban J connectivity index is 2.60. The molecule has 1 aromatic carbocycles. The molecule has 21 heavy (non-hydrogen) atoms. The zero-order valence-corrected chi connectivity index (χ0v) is 13.8. The molecule has 1 unspecified atom stereocenters. The molecule has 0 heterocycles. The van der Waals surface area contributed by atoms with Crippen LogP contribution < -0.4 is 10.1 Å². The summed E-state index contributed by atoms with van der Waals surface area (Å²) in [5.41, 5.74) is 0.676. The van der Waals surface area contributed by atoms with Gasteiger partial charge in [0.2, 0.25) is 0 Å². The molecule has 2 nitrogen and oxygen atoms in total. The number of nitrogens with one attached hydrogen (secondary N) is 1. The zero-order valence-electron chi connectivity index (χ0n) is 13.8. The first-order valence-corrected chi connectivity index (χ1v) is 8.30. The van der Waals surface area contributed by atoms with Crippen LogP contribution in [0.15, 0.2) is 18.2 Å². The molecule has 0 fully saturated rings. The lowest BCUT2D eigenvalue weighted by Crippen LogP contribution is -2.22. The molecule has 0 aliphatic rings. The minimum Gasteiger partial charge on any atom is -0.496 e. The molecule has 0 aliphatic heterocycles. The molecule has 3 heteroatoms. The van der Waals surface area contributed by atoms with Gasteiger partial charge in [-0.25, -0.2) is 4.39 Å². The normalized spacial score (nSPS) is 12.4. The Morgan fingerprint density at radius 3 is 2.48 bits per heavy atom. The highest BCUT2D eigenvalue weighted by molar-refractivity contribution is 5.37. The average Bonchev–Trinajstić information content (AvgIpc) is 2.49. The lowest BCUT2D eigenvalue weighted by Gasteiger charge is -2.21. The topological polar surface area (TPSA) is 21.3 Å². The Morgan fingerprint density at radius 2 is 1.81 bits per heavy atom. The van der Waals surface area contributed by atoms with E-state index >= 15 is 0 Å². The number of halogens is 1. The van der Waals surface area contributed by atoms with Gasteiger partial charge in [0.15, 0.2) is 0 Å². The van der Waals surface area contributed by atoms with E-state index < -0.39 is 0 Å². The van der Waals surface area contributed by atoms with Gasteiger partial charge in [-0.15, -0.1) is 0 Å². The Bertz CT molecular complexity index is 395. The van der Waals surface area contributed by atoms with Crippen LogP contribution in [0.3, 0.4) is 0 Å². The molecule has 1 rings (SSSR count). The number of unbranched alkanes of at least 4 members (excludes halogenated alkanes) is 5. The number of methoxy groups -OCH3 is 1. The third-order valence-corrected chi connectivity index (χ3v) is 3.88. The molecule has 0 bridgehead atoms. The molecule has 1 atom stereocenters. The number of hydrogen-bond acceptors (Lipinski definition) is 2. The summed E-state index contributed by atoms with van der Waals surface area (Å²) < 4.78 is 19.5. The molecule has 1 aromatic rings. The van der Waals surface area contributed by atoms with Crippen molar-refractivity contribution in [1.29, 1.82) is 0 Å². The van der Waals surface area contributed by atoms with E-state index in [2.05, 4.69) is 19.2 Å². The highest BCUT2D eigenvalue weighted by Crippen LogP contribution is 2.31. The summed E-state index contributed by atoms with van der Waals surface area (Å²) >= 11 is 0. The Labute approximate surface area is 129 Å². The van der Waals surface area contributed by atoms with E-state index in [1.54, 1.807) is 13.2 Å². The molecular weight excluding hydrogens is 265 g/mol. The summed E-state index contributed by atoms with van der Waals surface area (Å²) in [5.74, 6) is 0.471. The standard InChI is InChI=1S/C18H30FNO/c1-4-6-7-8-9-10-13-16(20-5-2)18-15(19)12-11-14-17(18)21-3/h11-12,14,16,20H,4-10,13H2,1-3H3. The fourth-order valence-electron chi connectivity index (χ4n) is 2.76. The number of rotatable bonds is 11. The van der Waals surface area contributed by atoms with E-state index in [0.717, 1.165) is 19.4 Å². The van der Waals surface area contributed by atoms with Gasteiger partial charge in [-0.05, 0) is 25.1 Å². The maximum absolute atomic E-state index is 14.2. The van der Waals surface area contributed by atoms with Gasteiger partial charge >= 0.3 is 0 Å². The molecule has 0 aliphatic carbocycles. The molecular formula is C18H30FNO. The fourth-order valence-corrected chi connectivity index (χ4v) is 2.76. The first kappa shape index (κ1) is 18.0. The third kappa shape index (κ3) is 6.04. The Kier molecular flexibility index (Phi) is 9.07. The minimum absolute atomic E-state index is 0.0392. The van der Waals surface area contributed by atoms with Crippen LogP contribution in [0.4, 0.5) is 4.39 Å². The van der Waals surface area contributed by atoms with Crippen LogP contribution in [-0.2, 0) is 0 Å². The second-order valence-corrected chi connectivity index (χ2v) is 5.52. The smallest absolute Gasteiger partial charge is 0.131 e. The predicted molar refractivity (Wildman–Crippen MR) is 87.4 cm³/mol. The summed E-state index contributed by atoms with van der Waals surface area (Å²) in [7, 11) is 1.60. The second kappa shape index (κ2) is 10.6. The number of ether oxygens (including phenoxy) is 1. The molecule has 0 spiro atoms. The lowest BCUT2D eigenvalue weighted by molar-refractivity contribution is 0.382. The van der Waals surface area contributed by atoms with Crippen LogP contribution in [-0.4, -0.2) is 13.7 Å². The van der Waals surface area contributed by atoms with Gasteiger partial charge < -0.3 is 10.1 Å². The Hall–Kier alpha value is -1.09. The summed E-state index contributed by atoms with van der Waals surface area (Å²) in [6.45, 7) is 5.12. The summed E-state index contributed by atoms with van der Waals surface area (Å²) in [6, 6.07) is 5.09. The van der Waals surface area contributed by atoms with Gasteiger partial charge in [0.1, 0.15) is 11.6 Å². The number of benzene rings is 1. The van der Waals surface area contributed by atoms with Crippen LogP contribution in [0.5, 0.6) is 5.75 Å². The van der Waals surface area contributed by atoms with Crippen molar-refractivity contribution in [2.45, 2.75) is 64.8 Å². The van der Waals surface area contributed by atoms with Crippen LogP contribution in [0.2, 0.25) is 0 Å². The van der Waals surface area contributed by atoms with E-state index in [1.165, 1.54) is 38.2 Å². The first-order valence-electron chi connectivity index (χ1n) is 8.30. The molecule has 0 saturated carbocycles. The van der Waals surface area contributed by atoms with Crippen molar-refractivity contribution in [3.05, 3.63) is 29.6 Å². The van der Waals surface area contributed by atoms with E-state index in [1.807, 2.05) is 6.07 Å². The zero-order chi connectivity index (χ0) is 15.5. The number of hydrogen-bond donors (Lipinski definition) is 1. The van der Waals surface area contributed by atoms with Crippen LogP contribution >= 0.6 is 0 Å². The monoisotopic (exact) mass is 295 g/mol. The summed E-state index contributed by atoms with van der Waals surface area (Å²) in [5, 5.41) is 3.40.